The van der Waals surface area contributed by atoms with Gasteiger partial charge in [0.15, 0.2) is 0 Å². The molecule has 1 aliphatic rings. The van der Waals surface area contributed by atoms with Crippen molar-refractivity contribution in [1.82, 2.24) is 0 Å². The van der Waals surface area contributed by atoms with E-state index in [1.165, 1.54) is 18.2 Å². The van der Waals surface area contributed by atoms with Crippen LogP contribution in [0.4, 0.5) is 0 Å². The molecule has 0 N–H and O–H groups in total. The molecule has 0 saturated carbocycles. The second-order valence-corrected chi connectivity index (χ2v) is 7.17. The van der Waals surface area contributed by atoms with E-state index >= 15 is 0 Å². The molecule has 0 radical (unpaired) electrons. The van der Waals surface area contributed by atoms with Gasteiger partial charge < -0.3 is 0 Å². The molecule has 0 nitrogen and oxygen atoms in total. The Morgan fingerprint density at radius 1 is 1.38 bits per heavy atom. The van der Waals surface area contributed by atoms with Crippen LogP contribution >= 0.6 is 0 Å². The number of allylic oxidation sites excluding steroid dienone is 1. The first-order chi connectivity index (χ1) is 3.93. The van der Waals surface area contributed by atoms with E-state index < -0.39 is 0 Å². The van der Waals surface area contributed by atoms with Gasteiger partial charge >= 0.3 is 55.4 Å². The Morgan fingerprint density at radius 2 is 2.00 bits per heavy atom. The van der Waals surface area contributed by atoms with Crippen LogP contribution in [0.1, 0.15) is 12.8 Å². The standard InChI is InChI=1S/C7H13Se/c1-2-5-8-6-3-4-7-8/h2H,1,3-7H2/q+1. The summed E-state index contributed by atoms with van der Waals surface area (Å²) in [4.78, 5) is 0. The molecular formula is C7H13Se+. The molecule has 0 aliphatic carbocycles. The molecule has 0 aromatic carbocycles. The summed E-state index contributed by atoms with van der Waals surface area (Å²) in [6, 6.07) is 0. The fraction of sp³-hybridized carbons (Fsp3) is 0.714. The van der Waals surface area contributed by atoms with Gasteiger partial charge in [-0.1, -0.05) is 0 Å². The molecule has 1 rings (SSSR count). The SMILES string of the molecule is C=CC[Se+]1CCCC1. The monoisotopic (exact) mass is 177 g/mol. The summed E-state index contributed by atoms with van der Waals surface area (Å²) in [6.07, 6.45) is 5.13. The van der Waals surface area contributed by atoms with Crippen molar-refractivity contribution >= 4 is 13.9 Å². The Kier molecular flexibility index (Phi) is 2.65. The van der Waals surface area contributed by atoms with Crippen LogP contribution in [-0.4, -0.2) is 13.9 Å². The van der Waals surface area contributed by atoms with Gasteiger partial charge in [0.2, 0.25) is 0 Å². The summed E-state index contributed by atoms with van der Waals surface area (Å²) >= 11 is -0.0799. The van der Waals surface area contributed by atoms with Crippen LogP contribution in [-0.2, 0) is 0 Å². The Labute approximate surface area is 55.9 Å². The molecule has 0 aromatic heterocycles. The molecular weight excluding hydrogens is 163 g/mol. The molecule has 0 spiro atoms. The summed E-state index contributed by atoms with van der Waals surface area (Å²) in [6.45, 7) is 3.76. The van der Waals surface area contributed by atoms with E-state index in [1.54, 1.807) is 10.6 Å². The van der Waals surface area contributed by atoms with Gasteiger partial charge in [-0.3, -0.25) is 0 Å². The van der Waals surface area contributed by atoms with Gasteiger partial charge in [0.25, 0.3) is 0 Å². The van der Waals surface area contributed by atoms with Crippen molar-refractivity contribution in [3.63, 3.8) is 0 Å². The zero-order chi connectivity index (χ0) is 5.82. The molecule has 46 valence electrons. The summed E-state index contributed by atoms with van der Waals surface area (Å²) in [5, 5.41) is 4.53. The molecule has 1 fully saturated rings. The van der Waals surface area contributed by atoms with Gasteiger partial charge in [-0.05, 0) is 0 Å². The van der Waals surface area contributed by atoms with Gasteiger partial charge in [0.1, 0.15) is 0 Å². The first kappa shape index (κ1) is 6.38. The molecule has 0 unspecified atom stereocenters. The van der Waals surface area contributed by atoms with E-state index in [-0.39, 0.29) is 13.9 Å². The fourth-order valence-electron chi connectivity index (χ4n) is 1.05. The van der Waals surface area contributed by atoms with Gasteiger partial charge in [-0.25, -0.2) is 0 Å². The average Bonchev–Trinajstić information content (AvgIpc) is 2.19. The van der Waals surface area contributed by atoms with Crippen molar-refractivity contribution in [3.05, 3.63) is 12.7 Å². The Balaban J connectivity index is 2.14. The molecule has 1 aliphatic heterocycles. The number of hydrogen-bond donors (Lipinski definition) is 0. The zero-order valence-corrected chi connectivity index (χ0v) is 6.94. The van der Waals surface area contributed by atoms with Gasteiger partial charge in [0, 0.05) is 0 Å². The quantitative estimate of drug-likeness (QED) is 0.448. The van der Waals surface area contributed by atoms with Crippen LogP contribution in [0.5, 0.6) is 0 Å². The first-order valence-electron chi connectivity index (χ1n) is 3.18. The molecule has 1 saturated heterocycles. The van der Waals surface area contributed by atoms with Crippen molar-refractivity contribution in [2.24, 2.45) is 0 Å². The molecule has 8 heavy (non-hydrogen) atoms. The van der Waals surface area contributed by atoms with E-state index in [1.807, 2.05) is 0 Å². The number of rotatable bonds is 2. The topological polar surface area (TPSA) is 0 Å². The average molecular weight is 176 g/mol. The van der Waals surface area contributed by atoms with Crippen molar-refractivity contribution in [1.29, 1.82) is 0 Å². The van der Waals surface area contributed by atoms with E-state index in [9.17, 15) is 0 Å². The molecule has 1 heteroatoms. The predicted molar refractivity (Wildman–Crippen MR) is 39.6 cm³/mol. The van der Waals surface area contributed by atoms with Crippen LogP contribution in [0.25, 0.3) is 0 Å². The molecule has 1 heterocycles. The van der Waals surface area contributed by atoms with Gasteiger partial charge in [-0.2, -0.15) is 0 Å². The first-order valence-corrected chi connectivity index (χ1v) is 6.82. The molecule has 0 atom stereocenters. The third kappa shape index (κ3) is 1.65. The molecule has 0 bridgehead atoms. The van der Waals surface area contributed by atoms with Gasteiger partial charge in [0.05, 0.1) is 0 Å². The van der Waals surface area contributed by atoms with Crippen LogP contribution in [0, 0.1) is 0 Å². The van der Waals surface area contributed by atoms with Crippen LogP contribution in [0.15, 0.2) is 12.7 Å². The minimum absolute atomic E-state index is 0.0799. The van der Waals surface area contributed by atoms with Crippen molar-refractivity contribution in [2.45, 2.75) is 28.8 Å². The van der Waals surface area contributed by atoms with Crippen LogP contribution < -0.4 is 0 Å². The molecule has 0 aromatic rings. The maximum absolute atomic E-state index is 3.76. The Hall–Kier alpha value is 0.259. The third-order valence-corrected chi connectivity index (χ3v) is 6.59. The molecule has 0 amide bonds. The Morgan fingerprint density at radius 3 is 2.50 bits per heavy atom. The summed E-state index contributed by atoms with van der Waals surface area (Å²) in [5.74, 6) is 0. The normalized spacial score (nSPS) is 21.5. The van der Waals surface area contributed by atoms with Crippen molar-refractivity contribution < 1.29 is 0 Å². The van der Waals surface area contributed by atoms with Crippen molar-refractivity contribution in [3.8, 4) is 0 Å². The van der Waals surface area contributed by atoms with Crippen molar-refractivity contribution in [2.75, 3.05) is 0 Å². The second-order valence-electron chi connectivity index (χ2n) is 2.18. The fourth-order valence-corrected chi connectivity index (χ4v) is 5.44. The summed E-state index contributed by atoms with van der Waals surface area (Å²) in [7, 11) is 0. The maximum atomic E-state index is 3.76. The number of hydrogen-bond acceptors (Lipinski definition) is 0. The third-order valence-electron chi connectivity index (χ3n) is 1.47. The summed E-state index contributed by atoms with van der Waals surface area (Å²) < 4.78 is 0. The van der Waals surface area contributed by atoms with E-state index in [2.05, 4.69) is 12.7 Å². The van der Waals surface area contributed by atoms with Gasteiger partial charge in [-0.15, -0.1) is 0 Å². The van der Waals surface area contributed by atoms with Crippen LogP contribution in [0.2, 0.25) is 16.0 Å². The van der Waals surface area contributed by atoms with E-state index in [0.717, 1.165) is 0 Å². The minimum atomic E-state index is -0.0799. The summed E-state index contributed by atoms with van der Waals surface area (Å²) in [5.41, 5.74) is 0. The van der Waals surface area contributed by atoms with E-state index in [4.69, 9.17) is 0 Å². The zero-order valence-electron chi connectivity index (χ0n) is 5.23. The second kappa shape index (κ2) is 3.32. The Bertz CT molecular complexity index is 72.5. The predicted octanol–water partition coefficient (Wildman–Crippen LogP) is 2.46. The van der Waals surface area contributed by atoms with E-state index in [0.29, 0.717) is 0 Å². The van der Waals surface area contributed by atoms with Crippen LogP contribution in [0.3, 0.4) is 0 Å².